The zero-order valence-corrected chi connectivity index (χ0v) is 16.0. The summed E-state index contributed by atoms with van der Waals surface area (Å²) in [6.07, 6.45) is 3.66. The molecule has 1 aromatic heterocycles. The van der Waals surface area contributed by atoms with Gasteiger partial charge in [0, 0.05) is 44.5 Å². The highest BCUT2D eigenvalue weighted by atomic mass is 16.2. The summed E-state index contributed by atoms with van der Waals surface area (Å²) >= 11 is 0. The maximum Gasteiger partial charge on any atom is 0.226 e. The number of para-hydroxylation sites is 1. The number of nitrogens with zero attached hydrogens (tertiary/aromatic N) is 2. The fourth-order valence-electron chi connectivity index (χ4n) is 2.84. The lowest BCUT2D eigenvalue weighted by Gasteiger charge is -2.21. The zero-order chi connectivity index (χ0) is 19.1. The van der Waals surface area contributed by atoms with Gasteiger partial charge in [0.25, 0.3) is 0 Å². The van der Waals surface area contributed by atoms with E-state index < -0.39 is 0 Å². The highest BCUT2D eigenvalue weighted by molar-refractivity contribution is 5.92. The summed E-state index contributed by atoms with van der Waals surface area (Å²) in [5, 5.41) is 3.03. The second kappa shape index (κ2) is 9.13. The van der Waals surface area contributed by atoms with Crippen LogP contribution in [0.5, 0.6) is 0 Å². The first-order valence-corrected chi connectivity index (χ1v) is 8.92. The van der Waals surface area contributed by atoms with Crippen LogP contribution in [0, 0.1) is 6.92 Å². The molecule has 2 aromatic rings. The normalized spacial score (nSPS) is 10.7. The van der Waals surface area contributed by atoms with Crippen molar-refractivity contribution in [1.82, 2.24) is 9.88 Å². The number of carbonyl (C=O) groups excluding carboxylic acids is 2. The van der Waals surface area contributed by atoms with Gasteiger partial charge in [-0.2, -0.15) is 0 Å². The summed E-state index contributed by atoms with van der Waals surface area (Å²) in [6, 6.07) is 9.79. The van der Waals surface area contributed by atoms with Crippen LogP contribution in [-0.2, 0) is 16.1 Å². The van der Waals surface area contributed by atoms with E-state index in [9.17, 15) is 9.59 Å². The van der Waals surface area contributed by atoms with Crippen LogP contribution >= 0.6 is 0 Å². The van der Waals surface area contributed by atoms with Crippen LogP contribution in [0.1, 0.15) is 49.8 Å². The number of nitrogens with one attached hydrogen (secondary N) is 1. The van der Waals surface area contributed by atoms with Crippen LogP contribution in [0.3, 0.4) is 0 Å². The molecule has 0 unspecified atom stereocenters. The van der Waals surface area contributed by atoms with Crippen molar-refractivity contribution in [2.24, 2.45) is 0 Å². The minimum atomic E-state index is -0.0813. The third-order valence-electron chi connectivity index (χ3n) is 4.37. The quantitative estimate of drug-likeness (QED) is 0.821. The lowest BCUT2D eigenvalue weighted by molar-refractivity contribution is -0.129. The van der Waals surface area contributed by atoms with Crippen LogP contribution < -0.4 is 5.32 Å². The average molecular weight is 353 g/mol. The lowest BCUT2D eigenvalue weighted by atomic mass is 9.98. The minimum absolute atomic E-state index is 0.0478. The molecule has 0 atom stereocenters. The van der Waals surface area contributed by atoms with Gasteiger partial charge in [0.15, 0.2) is 0 Å². The molecule has 0 saturated carbocycles. The van der Waals surface area contributed by atoms with Gasteiger partial charge in [0.2, 0.25) is 11.8 Å². The number of carbonyl (C=O) groups is 2. The molecule has 0 spiro atoms. The average Bonchev–Trinajstić information content (AvgIpc) is 2.60. The molecular weight excluding hydrogens is 326 g/mol. The largest absolute Gasteiger partial charge is 0.338 e. The first-order chi connectivity index (χ1) is 12.4. The van der Waals surface area contributed by atoms with Crippen molar-refractivity contribution in [2.75, 3.05) is 11.9 Å². The van der Waals surface area contributed by atoms with Crippen molar-refractivity contribution in [3.63, 3.8) is 0 Å². The Bertz CT molecular complexity index is 757. The molecule has 2 rings (SSSR count). The molecule has 138 valence electrons. The van der Waals surface area contributed by atoms with E-state index in [2.05, 4.69) is 24.1 Å². The molecule has 1 aromatic carbocycles. The molecule has 1 heterocycles. The van der Waals surface area contributed by atoms with Crippen molar-refractivity contribution in [3.8, 4) is 0 Å². The topological polar surface area (TPSA) is 62.3 Å². The summed E-state index contributed by atoms with van der Waals surface area (Å²) < 4.78 is 0. The lowest BCUT2D eigenvalue weighted by Crippen LogP contribution is -2.31. The van der Waals surface area contributed by atoms with E-state index in [0.717, 1.165) is 22.4 Å². The molecule has 0 aliphatic heterocycles. The number of hydrogen-bond acceptors (Lipinski definition) is 3. The van der Waals surface area contributed by atoms with Crippen molar-refractivity contribution >= 4 is 17.5 Å². The number of benzene rings is 1. The Balaban J connectivity index is 2.00. The molecule has 2 amide bonds. The smallest absolute Gasteiger partial charge is 0.226 e. The van der Waals surface area contributed by atoms with Gasteiger partial charge < -0.3 is 10.2 Å². The first-order valence-electron chi connectivity index (χ1n) is 8.92. The van der Waals surface area contributed by atoms with Gasteiger partial charge in [0.1, 0.15) is 0 Å². The molecular formula is C21H27N3O2. The van der Waals surface area contributed by atoms with Gasteiger partial charge in [-0.05, 0) is 41.7 Å². The second-order valence-corrected chi connectivity index (χ2v) is 6.79. The number of hydrogen-bond donors (Lipinski definition) is 1. The third-order valence-corrected chi connectivity index (χ3v) is 4.37. The Labute approximate surface area is 155 Å². The van der Waals surface area contributed by atoms with Gasteiger partial charge in [0.05, 0.1) is 0 Å². The van der Waals surface area contributed by atoms with E-state index in [0.29, 0.717) is 19.0 Å². The Morgan fingerprint density at radius 1 is 1.15 bits per heavy atom. The SMILES string of the molecule is CC(=O)N(CCC(=O)Nc1c(C)cccc1C(C)C)Cc1ccncc1. The van der Waals surface area contributed by atoms with Crippen LogP contribution in [0.4, 0.5) is 5.69 Å². The van der Waals surface area contributed by atoms with E-state index in [4.69, 9.17) is 0 Å². The van der Waals surface area contributed by atoms with Gasteiger partial charge in [-0.1, -0.05) is 32.0 Å². The van der Waals surface area contributed by atoms with Crippen LogP contribution in [0.15, 0.2) is 42.7 Å². The van der Waals surface area contributed by atoms with E-state index in [1.165, 1.54) is 6.92 Å². The van der Waals surface area contributed by atoms with Crippen LogP contribution in [0.25, 0.3) is 0 Å². The highest BCUT2D eigenvalue weighted by Crippen LogP contribution is 2.27. The minimum Gasteiger partial charge on any atom is -0.338 e. The molecule has 0 saturated heterocycles. The molecule has 5 heteroatoms. The summed E-state index contributed by atoms with van der Waals surface area (Å²) in [6.45, 7) is 8.59. The monoisotopic (exact) mass is 353 g/mol. The van der Waals surface area contributed by atoms with Gasteiger partial charge >= 0.3 is 0 Å². The maximum atomic E-state index is 12.5. The molecule has 5 nitrogen and oxygen atoms in total. The Hall–Kier alpha value is -2.69. The first kappa shape index (κ1) is 19.6. The van der Waals surface area contributed by atoms with E-state index in [-0.39, 0.29) is 18.2 Å². The summed E-state index contributed by atoms with van der Waals surface area (Å²) in [5.74, 6) is 0.196. The molecule has 0 fully saturated rings. The zero-order valence-electron chi connectivity index (χ0n) is 16.0. The fraction of sp³-hybridized carbons (Fsp3) is 0.381. The van der Waals surface area contributed by atoms with E-state index >= 15 is 0 Å². The number of aryl methyl sites for hydroxylation is 1. The summed E-state index contributed by atoms with van der Waals surface area (Å²) in [7, 11) is 0. The Morgan fingerprint density at radius 2 is 1.85 bits per heavy atom. The number of rotatable bonds is 7. The Morgan fingerprint density at radius 3 is 2.46 bits per heavy atom. The van der Waals surface area contributed by atoms with Gasteiger partial charge in [-0.15, -0.1) is 0 Å². The third kappa shape index (κ3) is 5.41. The van der Waals surface area contributed by atoms with Gasteiger partial charge in [-0.3, -0.25) is 14.6 Å². The van der Waals surface area contributed by atoms with Gasteiger partial charge in [-0.25, -0.2) is 0 Å². The molecule has 0 aliphatic rings. The molecule has 26 heavy (non-hydrogen) atoms. The highest BCUT2D eigenvalue weighted by Gasteiger charge is 2.15. The number of amides is 2. The molecule has 1 N–H and O–H groups in total. The van der Waals surface area contributed by atoms with Crippen molar-refractivity contribution < 1.29 is 9.59 Å². The molecule has 0 bridgehead atoms. The van der Waals surface area contributed by atoms with Crippen LogP contribution in [0.2, 0.25) is 0 Å². The molecule has 0 aliphatic carbocycles. The standard InChI is InChI=1S/C21H27N3O2/c1-15(2)19-7-5-6-16(3)21(19)23-20(26)10-13-24(17(4)25)14-18-8-11-22-12-9-18/h5-9,11-12,15H,10,13-14H2,1-4H3,(H,23,26). The van der Waals surface area contributed by atoms with E-state index in [1.807, 2.05) is 37.3 Å². The van der Waals surface area contributed by atoms with Crippen molar-refractivity contribution in [3.05, 3.63) is 59.4 Å². The fourth-order valence-corrected chi connectivity index (χ4v) is 2.84. The number of anilines is 1. The second-order valence-electron chi connectivity index (χ2n) is 6.79. The van der Waals surface area contributed by atoms with Crippen LogP contribution in [-0.4, -0.2) is 28.2 Å². The predicted octanol–water partition coefficient (Wildman–Crippen LogP) is 3.89. The number of pyridine rings is 1. The summed E-state index contributed by atoms with van der Waals surface area (Å²) in [4.78, 5) is 30.0. The van der Waals surface area contributed by atoms with Crippen molar-refractivity contribution in [1.29, 1.82) is 0 Å². The Kier molecular flexibility index (Phi) is 6.89. The number of aromatic nitrogens is 1. The maximum absolute atomic E-state index is 12.5. The summed E-state index contributed by atoms with van der Waals surface area (Å²) in [5.41, 5.74) is 4.05. The molecule has 0 radical (unpaired) electrons. The van der Waals surface area contributed by atoms with E-state index in [1.54, 1.807) is 17.3 Å². The predicted molar refractivity (Wildman–Crippen MR) is 104 cm³/mol. The van der Waals surface area contributed by atoms with Crippen molar-refractivity contribution in [2.45, 2.75) is 46.6 Å².